The van der Waals surface area contributed by atoms with Crippen LogP contribution in [0.2, 0.25) is 0 Å². The number of nitrogens with zero attached hydrogens (tertiary/aromatic N) is 2. The Kier molecular flexibility index (Phi) is 4.87. The van der Waals surface area contributed by atoms with Crippen LogP contribution < -0.4 is 11.1 Å². The first-order valence-electron chi connectivity index (χ1n) is 7.04. The van der Waals surface area contributed by atoms with E-state index in [1.165, 1.54) is 6.26 Å². The zero-order chi connectivity index (χ0) is 14.9. The van der Waals surface area contributed by atoms with Crippen molar-refractivity contribution in [1.29, 1.82) is 0 Å². The minimum atomic E-state index is -0.547. The standard InChI is InChI=1S/C14H18N4O3.ClH/c1-9-16-13(18-21-9)14(4-2-3-5-14)17-12(19)10-6-11(7-15)20-8-10;/h6,8H,2-5,7,15H2,1H3,(H,17,19);1H. The van der Waals surface area contributed by atoms with Gasteiger partial charge in [0.2, 0.25) is 5.89 Å². The number of rotatable bonds is 4. The SMILES string of the molecule is Cc1nc(C2(NC(=O)c3coc(CN)c3)CCCC2)no1.Cl. The topological polar surface area (TPSA) is 107 Å². The fourth-order valence-electron chi connectivity index (χ4n) is 2.77. The molecule has 8 heteroatoms. The highest BCUT2D eigenvalue weighted by Crippen LogP contribution is 2.37. The molecule has 2 heterocycles. The molecule has 3 rings (SSSR count). The van der Waals surface area contributed by atoms with Crippen LogP contribution in [0.1, 0.15) is 53.5 Å². The van der Waals surface area contributed by atoms with Gasteiger partial charge in [-0.25, -0.2) is 0 Å². The van der Waals surface area contributed by atoms with Gasteiger partial charge >= 0.3 is 0 Å². The lowest BCUT2D eigenvalue weighted by molar-refractivity contribution is 0.0891. The molecule has 1 aliphatic rings. The Balaban J connectivity index is 0.00000176. The summed E-state index contributed by atoms with van der Waals surface area (Å²) >= 11 is 0. The van der Waals surface area contributed by atoms with E-state index in [1.807, 2.05) is 0 Å². The molecule has 22 heavy (non-hydrogen) atoms. The molecule has 0 unspecified atom stereocenters. The summed E-state index contributed by atoms with van der Waals surface area (Å²) in [6.45, 7) is 2.01. The molecular weight excluding hydrogens is 308 g/mol. The summed E-state index contributed by atoms with van der Waals surface area (Å²) < 4.78 is 10.3. The van der Waals surface area contributed by atoms with Crippen molar-refractivity contribution < 1.29 is 13.7 Å². The second-order valence-electron chi connectivity index (χ2n) is 5.39. The smallest absolute Gasteiger partial charge is 0.255 e. The number of nitrogens with two attached hydrogens (primary N) is 1. The third-order valence-electron chi connectivity index (χ3n) is 3.88. The molecule has 1 fully saturated rings. The third-order valence-corrected chi connectivity index (χ3v) is 3.88. The van der Waals surface area contributed by atoms with Crippen LogP contribution in [-0.2, 0) is 12.1 Å². The highest BCUT2D eigenvalue weighted by molar-refractivity contribution is 5.94. The Morgan fingerprint density at radius 1 is 1.45 bits per heavy atom. The summed E-state index contributed by atoms with van der Waals surface area (Å²) in [5.74, 6) is 1.42. The number of nitrogens with one attached hydrogen (secondary N) is 1. The number of halogens is 1. The maximum absolute atomic E-state index is 12.4. The Morgan fingerprint density at radius 3 is 2.73 bits per heavy atom. The number of amides is 1. The van der Waals surface area contributed by atoms with Crippen molar-refractivity contribution in [2.75, 3.05) is 0 Å². The summed E-state index contributed by atoms with van der Waals surface area (Å²) in [7, 11) is 0. The monoisotopic (exact) mass is 326 g/mol. The molecule has 3 N–H and O–H groups in total. The van der Waals surface area contributed by atoms with Crippen LogP contribution in [0.5, 0.6) is 0 Å². The van der Waals surface area contributed by atoms with Crippen molar-refractivity contribution >= 4 is 18.3 Å². The quantitative estimate of drug-likeness (QED) is 0.890. The Hall–Kier alpha value is -1.86. The lowest BCUT2D eigenvalue weighted by Gasteiger charge is -2.26. The van der Waals surface area contributed by atoms with Crippen LogP contribution >= 0.6 is 12.4 Å². The molecule has 0 aliphatic heterocycles. The average Bonchev–Trinajstić information content (AvgIpc) is 3.18. The molecule has 1 saturated carbocycles. The predicted molar refractivity (Wildman–Crippen MR) is 80.5 cm³/mol. The number of furan rings is 1. The highest BCUT2D eigenvalue weighted by atomic mass is 35.5. The van der Waals surface area contributed by atoms with E-state index in [0.29, 0.717) is 23.0 Å². The Bertz CT molecular complexity index is 646. The van der Waals surface area contributed by atoms with Crippen LogP contribution in [0.15, 0.2) is 21.3 Å². The molecule has 1 amide bonds. The zero-order valence-electron chi connectivity index (χ0n) is 12.3. The summed E-state index contributed by atoms with van der Waals surface area (Å²) in [5.41, 5.74) is 5.40. The van der Waals surface area contributed by atoms with Crippen LogP contribution in [-0.4, -0.2) is 16.0 Å². The minimum Gasteiger partial charge on any atom is -0.467 e. The molecule has 0 bridgehead atoms. The van der Waals surface area contributed by atoms with E-state index >= 15 is 0 Å². The number of aromatic nitrogens is 2. The van der Waals surface area contributed by atoms with E-state index < -0.39 is 5.54 Å². The maximum atomic E-state index is 12.4. The molecule has 2 aromatic heterocycles. The van der Waals surface area contributed by atoms with Gasteiger partial charge in [0.25, 0.3) is 5.91 Å². The van der Waals surface area contributed by atoms with Gasteiger partial charge in [0, 0.05) is 6.92 Å². The number of aryl methyl sites for hydroxylation is 1. The number of carbonyl (C=O) groups is 1. The Morgan fingerprint density at radius 2 is 2.18 bits per heavy atom. The van der Waals surface area contributed by atoms with Gasteiger partial charge in [-0.3, -0.25) is 4.79 Å². The second kappa shape index (κ2) is 6.50. The van der Waals surface area contributed by atoms with Gasteiger partial charge in [-0.2, -0.15) is 4.98 Å². The van der Waals surface area contributed by atoms with Crippen LogP contribution in [0.4, 0.5) is 0 Å². The fourth-order valence-corrected chi connectivity index (χ4v) is 2.77. The summed E-state index contributed by atoms with van der Waals surface area (Å²) in [6.07, 6.45) is 5.07. The van der Waals surface area contributed by atoms with Gasteiger partial charge in [0.15, 0.2) is 5.82 Å². The molecule has 1 aliphatic carbocycles. The van der Waals surface area contributed by atoms with E-state index in [4.69, 9.17) is 14.7 Å². The summed E-state index contributed by atoms with van der Waals surface area (Å²) in [4.78, 5) is 16.7. The molecule has 0 radical (unpaired) electrons. The predicted octanol–water partition coefficient (Wildman–Crippen LogP) is 2.05. The number of hydrogen-bond donors (Lipinski definition) is 2. The van der Waals surface area contributed by atoms with Crippen molar-refractivity contribution in [2.24, 2.45) is 5.73 Å². The summed E-state index contributed by atoms with van der Waals surface area (Å²) in [5, 5.41) is 7.04. The van der Waals surface area contributed by atoms with E-state index in [2.05, 4.69) is 15.5 Å². The van der Waals surface area contributed by atoms with E-state index in [1.54, 1.807) is 13.0 Å². The molecule has 0 aromatic carbocycles. The third kappa shape index (κ3) is 3.00. The summed E-state index contributed by atoms with van der Waals surface area (Å²) in [6, 6.07) is 1.65. The molecule has 2 aromatic rings. The number of hydrogen-bond acceptors (Lipinski definition) is 6. The van der Waals surface area contributed by atoms with Crippen molar-refractivity contribution in [3.05, 3.63) is 35.4 Å². The first kappa shape index (κ1) is 16.5. The second-order valence-corrected chi connectivity index (χ2v) is 5.39. The van der Waals surface area contributed by atoms with Crippen molar-refractivity contribution in [1.82, 2.24) is 15.5 Å². The lowest BCUT2D eigenvalue weighted by atomic mass is 9.96. The molecule has 0 atom stereocenters. The van der Waals surface area contributed by atoms with E-state index in [-0.39, 0.29) is 24.9 Å². The number of carbonyl (C=O) groups excluding carboxylic acids is 1. The van der Waals surface area contributed by atoms with Crippen LogP contribution in [0.3, 0.4) is 0 Å². The molecule has 7 nitrogen and oxygen atoms in total. The van der Waals surface area contributed by atoms with Gasteiger partial charge in [0.1, 0.15) is 17.6 Å². The van der Waals surface area contributed by atoms with Crippen molar-refractivity contribution in [2.45, 2.75) is 44.7 Å². The molecule has 0 saturated heterocycles. The molecular formula is C14H19ClN4O3. The van der Waals surface area contributed by atoms with Crippen molar-refractivity contribution in [3.63, 3.8) is 0 Å². The van der Waals surface area contributed by atoms with E-state index in [9.17, 15) is 4.79 Å². The first-order valence-corrected chi connectivity index (χ1v) is 7.04. The van der Waals surface area contributed by atoms with Crippen LogP contribution in [0, 0.1) is 6.92 Å². The fraction of sp³-hybridized carbons (Fsp3) is 0.500. The zero-order valence-corrected chi connectivity index (χ0v) is 13.1. The van der Waals surface area contributed by atoms with Gasteiger partial charge in [0.05, 0.1) is 12.1 Å². The lowest BCUT2D eigenvalue weighted by Crippen LogP contribution is -2.44. The average molecular weight is 327 g/mol. The maximum Gasteiger partial charge on any atom is 0.255 e. The molecule has 120 valence electrons. The first-order chi connectivity index (χ1) is 10.1. The minimum absolute atomic E-state index is 0. The molecule has 0 spiro atoms. The van der Waals surface area contributed by atoms with Gasteiger partial charge in [-0.15, -0.1) is 12.4 Å². The normalized spacial score (nSPS) is 16.3. The van der Waals surface area contributed by atoms with Crippen molar-refractivity contribution in [3.8, 4) is 0 Å². The Labute approximate surface area is 134 Å². The van der Waals surface area contributed by atoms with Gasteiger partial charge in [-0.1, -0.05) is 18.0 Å². The van der Waals surface area contributed by atoms with E-state index in [0.717, 1.165) is 25.7 Å². The van der Waals surface area contributed by atoms with Crippen LogP contribution in [0.25, 0.3) is 0 Å². The van der Waals surface area contributed by atoms with Gasteiger partial charge < -0.3 is 20.0 Å². The van der Waals surface area contributed by atoms with Gasteiger partial charge in [-0.05, 0) is 18.9 Å². The highest BCUT2D eigenvalue weighted by Gasteiger charge is 2.41. The largest absolute Gasteiger partial charge is 0.467 e.